The zero-order chi connectivity index (χ0) is 19.6. The minimum Gasteiger partial charge on any atom is -0.301 e. The van der Waals surface area contributed by atoms with Crippen LogP contribution in [-0.4, -0.2) is 32.4 Å². The number of fused-ring (bicyclic) bond motifs is 1. The van der Waals surface area contributed by atoms with Crippen molar-refractivity contribution in [1.82, 2.24) is 19.3 Å². The zero-order valence-electron chi connectivity index (χ0n) is 17.1. The molecular formula is C25H28N4. The van der Waals surface area contributed by atoms with Gasteiger partial charge in [0.1, 0.15) is 11.3 Å². The summed E-state index contributed by atoms with van der Waals surface area (Å²) in [5.41, 5.74) is 7.97. The van der Waals surface area contributed by atoms with Crippen LogP contribution in [0.2, 0.25) is 0 Å². The van der Waals surface area contributed by atoms with E-state index in [1.54, 1.807) is 0 Å². The first-order valence-electron chi connectivity index (χ1n) is 10.8. The number of hydrogen-bond acceptors (Lipinski definition) is 3. The lowest BCUT2D eigenvalue weighted by Gasteiger charge is -2.26. The Balaban J connectivity index is 1.62. The second kappa shape index (κ2) is 7.96. The van der Waals surface area contributed by atoms with Crippen LogP contribution >= 0.6 is 0 Å². The Morgan fingerprint density at radius 2 is 1.90 bits per heavy atom. The number of allylic oxidation sites excluding steroid dienone is 4. The lowest BCUT2D eigenvalue weighted by atomic mass is 10.0. The zero-order valence-corrected chi connectivity index (χ0v) is 17.1. The van der Waals surface area contributed by atoms with Crippen molar-refractivity contribution in [3.63, 3.8) is 0 Å². The van der Waals surface area contributed by atoms with E-state index in [9.17, 15) is 0 Å². The quantitative estimate of drug-likeness (QED) is 0.602. The molecule has 0 unspecified atom stereocenters. The maximum Gasteiger partial charge on any atom is 0.137 e. The third-order valence-corrected chi connectivity index (χ3v) is 6.02. The molecule has 4 nitrogen and oxygen atoms in total. The lowest BCUT2D eigenvalue weighted by molar-refractivity contribution is 0.218. The maximum absolute atomic E-state index is 5.00. The topological polar surface area (TPSA) is 33.4 Å². The van der Waals surface area contributed by atoms with Crippen LogP contribution in [0.4, 0.5) is 0 Å². The molecule has 0 saturated carbocycles. The molecule has 4 heteroatoms. The second-order valence-electron chi connectivity index (χ2n) is 8.25. The lowest BCUT2D eigenvalue weighted by Crippen LogP contribution is -2.29. The van der Waals surface area contributed by atoms with Crippen LogP contribution in [0.5, 0.6) is 0 Å². The third-order valence-electron chi connectivity index (χ3n) is 6.02. The summed E-state index contributed by atoms with van der Waals surface area (Å²) in [6.07, 6.45) is 17.2. The smallest absolute Gasteiger partial charge is 0.137 e. The minimum absolute atomic E-state index is 0.921. The van der Waals surface area contributed by atoms with Crippen LogP contribution in [-0.2, 0) is 6.54 Å². The SMILES string of the molecule is Cc1ccc(-c2nc3ccc(C4=CCCC=C4)cn3c2CN2CCCCC2)nc1. The number of pyridine rings is 2. The Labute approximate surface area is 172 Å². The molecule has 3 aromatic heterocycles. The Kier molecular flexibility index (Phi) is 5.03. The van der Waals surface area contributed by atoms with Gasteiger partial charge in [0.15, 0.2) is 0 Å². The standard InChI is InChI=1S/C25H28N4/c1-19-10-12-22(26-16-19)25-23(18-28-14-6-3-7-15-28)29-17-21(11-13-24(29)27-25)20-8-4-2-5-9-20/h4,8-13,16-17H,2-3,5-7,14-15,18H2,1H3. The van der Waals surface area contributed by atoms with E-state index >= 15 is 0 Å². The fourth-order valence-corrected chi connectivity index (χ4v) is 4.38. The molecule has 1 saturated heterocycles. The molecule has 0 atom stereocenters. The molecule has 5 rings (SSSR count). The first-order chi connectivity index (χ1) is 14.3. The van der Waals surface area contributed by atoms with Crippen molar-refractivity contribution in [3.8, 4) is 11.4 Å². The summed E-state index contributed by atoms with van der Waals surface area (Å²) in [5, 5.41) is 0. The normalized spacial score (nSPS) is 17.6. The van der Waals surface area contributed by atoms with Gasteiger partial charge in [-0.25, -0.2) is 4.98 Å². The van der Waals surface area contributed by atoms with Gasteiger partial charge in [-0.1, -0.05) is 30.7 Å². The number of imidazole rings is 1. The first-order valence-corrected chi connectivity index (χ1v) is 10.8. The molecule has 0 radical (unpaired) electrons. The van der Waals surface area contributed by atoms with E-state index in [1.807, 2.05) is 6.20 Å². The summed E-state index contributed by atoms with van der Waals surface area (Å²) < 4.78 is 2.30. The molecule has 0 bridgehead atoms. The van der Waals surface area contributed by atoms with E-state index in [2.05, 4.69) is 64.9 Å². The molecule has 2 aliphatic rings. The van der Waals surface area contributed by atoms with Crippen molar-refractivity contribution in [2.45, 2.75) is 45.6 Å². The van der Waals surface area contributed by atoms with E-state index in [1.165, 1.54) is 54.7 Å². The summed E-state index contributed by atoms with van der Waals surface area (Å²) in [6, 6.07) is 8.57. The van der Waals surface area contributed by atoms with Crippen LogP contribution < -0.4 is 0 Å². The van der Waals surface area contributed by atoms with Gasteiger partial charge in [-0.3, -0.25) is 9.88 Å². The predicted octanol–water partition coefficient (Wildman–Crippen LogP) is 5.42. The highest BCUT2D eigenvalue weighted by atomic mass is 15.2. The van der Waals surface area contributed by atoms with E-state index < -0.39 is 0 Å². The van der Waals surface area contributed by atoms with Gasteiger partial charge in [0.2, 0.25) is 0 Å². The third kappa shape index (κ3) is 3.77. The first kappa shape index (κ1) is 18.3. The van der Waals surface area contributed by atoms with Gasteiger partial charge in [-0.15, -0.1) is 0 Å². The molecule has 0 spiro atoms. The van der Waals surface area contributed by atoms with Gasteiger partial charge in [-0.2, -0.15) is 0 Å². The number of aromatic nitrogens is 3. The van der Waals surface area contributed by atoms with E-state index in [4.69, 9.17) is 9.97 Å². The summed E-state index contributed by atoms with van der Waals surface area (Å²) in [6.45, 7) is 5.33. The summed E-state index contributed by atoms with van der Waals surface area (Å²) in [4.78, 5) is 12.3. The summed E-state index contributed by atoms with van der Waals surface area (Å²) >= 11 is 0. The van der Waals surface area contributed by atoms with Crippen molar-refractivity contribution < 1.29 is 0 Å². The fraction of sp³-hybridized carbons (Fsp3) is 0.360. The molecule has 4 heterocycles. The molecule has 0 aromatic carbocycles. The Morgan fingerprint density at radius 1 is 1.00 bits per heavy atom. The molecule has 1 fully saturated rings. The molecule has 0 amide bonds. The monoisotopic (exact) mass is 384 g/mol. The van der Waals surface area contributed by atoms with Crippen molar-refractivity contribution in [1.29, 1.82) is 0 Å². The summed E-state index contributed by atoms with van der Waals surface area (Å²) in [5.74, 6) is 0. The Hall–Kier alpha value is -2.72. The average Bonchev–Trinajstić information content (AvgIpc) is 3.13. The van der Waals surface area contributed by atoms with Crippen LogP contribution in [0.25, 0.3) is 22.6 Å². The van der Waals surface area contributed by atoms with Gasteiger partial charge in [0, 0.05) is 18.9 Å². The van der Waals surface area contributed by atoms with Crippen molar-refractivity contribution in [3.05, 3.63) is 71.7 Å². The summed E-state index contributed by atoms with van der Waals surface area (Å²) in [7, 11) is 0. The van der Waals surface area contributed by atoms with Crippen LogP contribution in [0.1, 0.15) is 48.9 Å². The van der Waals surface area contributed by atoms with Crippen LogP contribution in [0, 0.1) is 6.92 Å². The van der Waals surface area contributed by atoms with Crippen molar-refractivity contribution in [2.75, 3.05) is 13.1 Å². The number of nitrogens with zero attached hydrogens (tertiary/aromatic N) is 4. The number of rotatable bonds is 4. The van der Waals surface area contributed by atoms with Crippen LogP contribution in [0.3, 0.4) is 0 Å². The van der Waals surface area contributed by atoms with E-state index in [0.29, 0.717) is 0 Å². The fourth-order valence-electron chi connectivity index (χ4n) is 4.38. The number of hydrogen-bond donors (Lipinski definition) is 0. The molecular weight excluding hydrogens is 356 g/mol. The van der Waals surface area contributed by atoms with Gasteiger partial charge in [-0.05, 0) is 80.6 Å². The molecule has 0 N–H and O–H groups in total. The minimum atomic E-state index is 0.921. The highest BCUT2D eigenvalue weighted by Crippen LogP contribution is 2.28. The largest absolute Gasteiger partial charge is 0.301 e. The molecule has 1 aliphatic heterocycles. The highest BCUT2D eigenvalue weighted by Gasteiger charge is 2.20. The predicted molar refractivity (Wildman–Crippen MR) is 119 cm³/mol. The molecule has 148 valence electrons. The Morgan fingerprint density at radius 3 is 2.66 bits per heavy atom. The van der Waals surface area contributed by atoms with Crippen molar-refractivity contribution >= 4 is 11.2 Å². The van der Waals surface area contributed by atoms with Gasteiger partial charge in [0.25, 0.3) is 0 Å². The van der Waals surface area contributed by atoms with Crippen molar-refractivity contribution in [2.24, 2.45) is 0 Å². The maximum atomic E-state index is 5.00. The van der Waals surface area contributed by atoms with E-state index in [-0.39, 0.29) is 0 Å². The van der Waals surface area contributed by atoms with Crippen LogP contribution in [0.15, 0.2) is 54.9 Å². The molecule has 3 aromatic rings. The number of piperidine rings is 1. The van der Waals surface area contributed by atoms with Gasteiger partial charge < -0.3 is 4.40 Å². The molecule has 1 aliphatic carbocycles. The molecule has 29 heavy (non-hydrogen) atoms. The van der Waals surface area contributed by atoms with Gasteiger partial charge >= 0.3 is 0 Å². The number of aryl methyl sites for hydroxylation is 1. The number of likely N-dealkylation sites (tertiary alicyclic amines) is 1. The second-order valence-corrected chi connectivity index (χ2v) is 8.25. The van der Waals surface area contributed by atoms with Gasteiger partial charge in [0.05, 0.1) is 11.4 Å². The Bertz CT molecular complexity index is 1070. The average molecular weight is 385 g/mol. The van der Waals surface area contributed by atoms with E-state index in [0.717, 1.165) is 36.4 Å². The highest BCUT2D eigenvalue weighted by molar-refractivity contribution is 5.75.